The first kappa shape index (κ1) is 27.2. The lowest BCUT2D eigenvalue weighted by Crippen LogP contribution is -2.30. The van der Waals surface area contributed by atoms with Crippen molar-refractivity contribution in [2.24, 2.45) is 5.73 Å². The van der Waals surface area contributed by atoms with Crippen molar-refractivity contribution in [3.05, 3.63) is 125 Å². The molecule has 0 spiro atoms. The molecule has 1 aromatic heterocycles. The maximum Gasteiger partial charge on any atom is 0.217 e. The third-order valence-corrected chi connectivity index (χ3v) is 6.54. The Morgan fingerprint density at radius 2 is 1.58 bits per heavy atom. The topological polar surface area (TPSA) is 88.9 Å². The zero-order valence-electron chi connectivity index (χ0n) is 21.7. The lowest BCUT2D eigenvalue weighted by atomic mass is 9.90. The Balaban J connectivity index is 1.43. The molecule has 4 rings (SSSR count). The number of carbonyl (C=O) groups is 1. The van der Waals surface area contributed by atoms with Gasteiger partial charge in [0.05, 0.1) is 13.2 Å². The third-order valence-electron chi connectivity index (χ3n) is 6.54. The number of aliphatic hydroxyl groups excluding tert-OH is 1. The Kier molecular flexibility index (Phi) is 10.1. The van der Waals surface area contributed by atoms with E-state index in [0.717, 1.165) is 36.6 Å². The van der Waals surface area contributed by atoms with E-state index in [1.54, 1.807) is 0 Å². The van der Waals surface area contributed by atoms with Gasteiger partial charge in [0.25, 0.3) is 0 Å². The molecule has 38 heavy (non-hydrogen) atoms. The summed E-state index contributed by atoms with van der Waals surface area (Å²) < 4.78 is 11.9. The Morgan fingerprint density at radius 1 is 0.895 bits per heavy atom. The van der Waals surface area contributed by atoms with Crippen molar-refractivity contribution in [1.82, 2.24) is 4.90 Å². The van der Waals surface area contributed by atoms with Crippen LogP contribution in [0.5, 0.6) is 5.75 Å². The molecular formula is C32H36N2O4. The monoisotopic (exact) mass is 512 g/mol. The fourth-order valence-corrected chi connectivity index (χ4v) is 4.62. The van der Waals surface area contributed by atoms with Gasteiger partial charge in [-0.3, -0.25) is 9.69 Å². The normalized spacial score (nSPS) is 11.2. The molecule has 0 saturated heterocycles. The molecular weight excluding hydrogens is 476 g/mol. The first-order chi connectivity index (χ1) is 18.6. The van der Waals surface area contributed by atoms with Crippen molar-refractivity contribution >= 4 is 5.91 Å². The van der Waals surface area contributed by atoms with Crippen molar-refractivity contribution < 1.29 is 19.1 Å². The van der Waals surface area contributed by atoms with E-state index in [0.29, 0.717) is 31.8 Å². The number of primary amides is 1. The molecule has 0 fully saturated rings. The lowest BCUT2D eigenvalue weighted by molar-refractivity contribution is -0.117. The van der Waals surface area contributed by atoms with Crippen LogP contribution in [0.25, 0.3) is 0 Å². The summed E-state index contributed by atoms with van der Waals surface area (Å²) in [7, 11) is 0. The minimum Gasteiger partial charge on any atom is -0.494 e. The number of aliphatic hydroxyl groups is 1. The van der Waals surface area contributed by atoms with Crippen molar-refractivity contribution in [2.75, 3.05) is 19.7 Å². The number of nitrogens with zero attached hydrogens (tertiary/aromatic N) is 1. The van der Waals surface area contributed by atoms with E-state index < -0.39 is 0 Å². The van der Waals surface area contributed by atoms with Crippen molar-refractivity contribution in [3.8, 4) is 5.75 Å². The lowest BCUT2D eigenvalue weighted by Gasteiger charge is -2.28. The van der Waals surface area contributed by atoms with Crippen LogP contribution in [-0.4, -0.2) is 35.6 Å². The standard InChI is InChI=1S/C32H36N2O4/c33-32(36)18-15-25-9-7-14-28(21-25)37-20-8-19-34(22-29-16-17-30(24-35)38-29)23-31(26-10-3-1-4-11-26)27-12-5-2-6-13-27/h1-7,9-14,16-17,21,31,35H,8,15,18-20,22-24H2,(H2,33,36). The number of aryl methyl sites for hydroxylation is 1. The zero-order chi connectivity index (χ0) is 26.6. The van der Waals surface area contributed by atoms with Crippen LogP contribution in [0.15, 0.2) is 101 Å². The van der Waals surface area contributed by atoms with Crippen LogP contribution in [0.1, 0.15) is 47.0 Å². The van der Waals surface area contributed by atoms with Gasteiger partial charge in [0.2, 0.25) is 5.91 Å². The number of amides is 1. The van der Waals surface area contributed by atoms with Crippen molar-refractivity contribution in [3.63, 3.8) is 0 Å². The predicted octanol–water partition coefficient (Wildman–Crippen LogP) is 5.29. The maximum absolute atomic E-state index is 11.1. The van der Waals surface area contributed by atoms with E-state index in [1.165, 1.54) is 11.1 Å². The number of benzene rings is 3. The van der Waals surface area contributed by atoms with Gasteiger partial charge in [0, 0.05) is 25.4 Å². The molecule has 0 aliphatic rings. The highest BCUT2D eigenvalue weighted by Crippen LogP contribution is 2.27. The smallest absolute Gasteiger partial charge is 0.217 e. The molecule has 6 heteroatoms. The SMILES string of the molecule is NC(=O)CCc1cccc(OCCCN(Cc2ccc(CO)o2)CC(c2ccccc2)c2ccccc2)c1. The van der Waals surface area contributed by atoms with Crippen molar-refractivity contribution in [2.45, 2.75) is 38.3 Å². The minimum atomic E-state index is -0.302. The van der Waals surface area contributed by atoms with Crippen molar-refractivity contribution in [1.29, 1.82) is 0 Å². The van der Waals surface area contributed by atoms with Crippen LogP contribution >= 0.6 is 0 Å². The average molecular weight is 513 g/mol. The summed E-state index contributed by atoms with van der Waals surface area (Å²) in [5, 5.41) is 9.44. The van der Waals surface area contributed by atoms with Gasteiger partial charge in [-0.15, -0.1) is 0 Å². The van der Waals surface area contributed by atoms with Crippen LogP contribution in [0.2, 0.25) is 0 Å². The molecule has 0 atom stereocenters. The quantitative estimate of drug-likeness (QED) is 0.211. The van der Waals surface area contributed by atoms with Gasteiger partial charge in [-0.2, -0.15) is 0 Å². The predicted molar refractivity (Wildman–Crippen MR) is 149 cm³/mol. The molecule has 0 unspecified atom stereocenters. The second-order valence-corrected chi connectivity index (χ2v) is 9.45. The Labute approximate surface area is 224 Å². The molecule has 6 nitrogen and oxygen atoms in total. The van der Waals surface area contributed by atoms with Crippen LogP contribution in [0.4, 0.5) is 0 Å². The molecule has 198 valence electrons. The number of nitrogens with two attached hydrogens (primary N) is 1. The highest BCUT2D eigenvalue weighted by molar-refractivity contribution is 5.74. The maximum atomic E-state index is 11.1. The largest absolute Gasteiger partial charge is 0.494 e. The summed E-state index contributed by atoms with van der Waals surface area (Å²) in [4.78, 5) is 13.5. The highest BCUT2D eigenvalue weighted by Gasteiger charge is 2.19. The molecule has 0 aliphatic heterocycles. The molecule has 3 aromatic carbocycles. The van der Waals surface area contributed by atoms with Crippen LogP contribution in [0.3, 0.4) is 0 Å². The average Bonchev–Trinajstić information content (AvgIpc) is 3.41. The number of rotatable bonds is 15. The van der Waals surface area contributed by atoms with E-state index in [4.69, 9.17) is 14.9 Å². The summed E-state index contributed by atoms with van der Waals surface area (Å²) in [6, 6.07) is 32.7. The molecule has 1 heterocycles. The Bertz CT molecular complexity index is 1220. The molecule has 0 radical (unpaired) electrons. The van der Waals surface area contributed by atoms with E-state index in [-0.39, 0.29) is 18.4 Å². The fourth-order valence-electron chi connectivity index (χ4n) is 4.62. The van der Waals surface area contributed by atoms with Gasteiger partial charge in [-0.05, 0) is 53.8 Å². The van der Waals surface area contributed by atoms with Gasteiger partial charge >= 0.3 is 0 Å². The molecule has 1 amide bonds. The third kappa shape index (κ3) is 8.33. The molecule has 0 saturated carbocycles. The molecule has 0 bridgehead atoms. The minimum absolute atomic E-state index is 0.108. The summed E-state index contributed by atoms with van der Waals surface area (Å²) in [5.74, 6) is 2.10. The molecule has 3 N–H and O–H groups in total. The zero-order valence-corrected chi connectivity index (χ0v) is 21.7. The number of furan rings is 1. The summed E-state index contributed by atoms with van der Waals surface area (Å²) in [6.07, 6.45) is 1.77. The van der Waals surface area contributed by atoms with Gasteiger partial charge < -0.3 is 20.0 Å². The summed E-state index contributed by atoms with van der Waals surface area (Å²) >= 11 is 0. The second kappa shape index (κ2) is 14.2. The summed E-state index contributed by atoms with van der Waals surface area (Å²) in [6.45, 7) is 2.72. The van der Waals surface area contributed by atoms with Crippen LogP contribution < -0.4 is 10.5 Å². The van der Waals surface area contributed by atoms with E-state index in [1.807, 2.05) is 48.5 Å². The van der Waals surface area contributed by atoms with Gasteiger partial charge in [-0.25, -0.2) is 0 Å². The number of carbonyl (C=O) groups excluding carboxylic acids is 1. The first-order valence-electron chi connectivity index (χ1n) is 13.1. The van der Waals surface area contributed by atoms with E-state index in [2.05, 4.69) is 53.4 Å². The second-order valence-electron chi connectivity index (χ2n) is 9.45. The number of hydrogen-bond donors (Lipinski definition) is 2. The summed E-state index contributed by atoms with van der Waals surface area (Å²) in [5.41, 5.74) is 8.85. The van der Waals surface area contributed by atoms with Gasteiger partial charge in [0.1, 0.15) is 23.9 Å². The van der Waals surface area contributed by atoms with Gasteiger partial charge in [0.15, 0.2) is 0 Å². The first-order valence-corrected chi connectivity index (χ1v) is 13.1. The molecule has 0 aliphatic carbocycles. The van der Waals surface area contributed by atoms with Crippen LogP contribution in [0, 0.1) is 0 Å². The van der Waals surface area contributed by atoms with E-state index >= 15 is 0 Å². The number of ether oxygens (including phenoxy) is 1. The van der Waals surface area contributed by atoms with Gasteiger partial charge in [-0.1, -0.05) is 72.8 Å². The molecule has 4 aromatic rings. The number of hydrogen-bond acceptors (Lipinski definition) is 5. The fraction of sp³-hybridized carbons (Fsp3) is 0.281. The Hall–Kier alpha value is -3.87. The Morgan fingerprint density at radius 3 is 2.21 bits per heavy atom. The van der Waals surface area contributed by atoms with E-state index in [9.17, 15) is 9.90 Å². The highest BCUT2D eigenvalue weighted by atomic mass is 16.5. The van der Waals surface area contributed by atoms with Crippen LogP contribution in [-0.2, 0) is 24.4 Å².